The van der Waals surface area contributed by atoms with Crippen LogP contribution in [-0.2, 0) is 0 Å². The predicted octanol–water partition coefficient (Wildman–Crippen LogP) is 3.26. The first-order valence-electron chi connectivity index (χ1n) is 7.70. The van der Waals surface area contributed by atoms with Crippen LogP contribution >= 0.6 is 0 Å². The summed E-state index contributed by atoms with van der Waals surface area (Å²) >= 11 is 0. The second-order valence-corrected chi connectivity index (χ2v) is 6.68. The molecule has 1 saturated heterocycles. The Morgan fingerprint density at radius 2 is 1.70 bits per heavy atom. The molecule has 3 nitrogen and oxygen atoms in total. The number of benzene rings is 1. The average Bonchev–Trinajstić information content (AvgIpc) is 2.41. The summed E-state index contributed by atoms with van der Waals surface area (Å²) in [4.78, 5) is 5.05. The van der Waals surface area contributed by atoms with Crippen LogP contribution in [0.2, 0.25) is 0 Å². The molecule has 20 heavy (non-hydrogen) atoms. The van der Waals surface area contributed by atoms with E-state index < -0.39 is 0 Å². The van der Waals surface area contributed by atoms with E-state index in [1.54, 1.807) is 6.07 Å². The molecule has 0 bridgehead atoms. The minimum Gasteiger partial charge on any atom is -0.508 e. The Kier molecular flexibility index (Phi) is 4.71. The fraction of sp³-hybridized carbons (Fsp3) is 0.647. The van der Waals surface area contributed by atoms with Crippen LogP contribution < -0.4 is 0 Å². The van der Waals surface area contributed by atoms with E-state index in [-0.39, 0.29) is 5.54 Å². The number of phenols is 1. The second kappa shape index (κ2) is 6.15. The number of para-hydroxylation sites is 1. The fourth-order valence-corrected chi connectivity index (χ4v) is 3.15. The third-order valence-corrected chi connectivity index (χ3v) is 4.39. The molecule has 0 radical (unpaired) electrons. The van der Waals surface area contributed by atoms with Crippen molar-refractivity contribution in [1.29, 1.82) is 0 Å². The molecule has 1 heterocycles. The molecule has 0 aliphatic carbocycles. The molecule has 3 heteroatoms. The Balaban J connectivity index is 2.06. The maximum absolute atomic E-state index is 10.1. The molecule has 0 aromatic heterocycles. The number of piperazine rings is 1. The smallest absolute Gasteiger partial charge is 0.120 e. The van der Waals surface area contributed by atoms with Crippen molar-refractivity contribution in [2.75, 3.05) is 26.2 Å². The summed E-state index contributed by atoms with van der Waals surface area (Å²) in [7, 11) is 0. The standard InChI is InChI=1S/C17H28N2O/c1-5-15(14-8-6-7-9-16(14)20)18-10-12-19(13-11-18)17(2,3)4/h6-9,15,20H,5,10-13H2,1-4H3. The number of hydrogen-bond acceptors (Lipinski definition) is 3. The van der Waals surface area contributed by atoms with Crippen LogP contribution in [0.1, 0.15) is 45.7 Å². The van der Waals surface area contributed by atoms with Crippen molar-refractivity contribution in [3.05, 3.63) is 29.8 Å². The Morgan fingerprint density at radius 1 is 1.10 bits per heavy atom. The highest BCUT2D eigenvalue weighted by atomic mass is 16.3. The molecular formula is C17H28N2O. The summed E-state index contributed by atoms with van der Waals surface area (Å²) in [5.41, 5.74) is 1.32. The van der Waals surface area contributed by atoms with Crippen molar-refractivity contribution in [3.63, 3.8) is 0 Å². The largest absolute Gasteiger partial charge is 0.508 e. The molecule has 112 valence electrons. The van der Waals surface area contributed by atoms with E-state index in [1.807, 2.05) is 12.1 Å². The van der Waals surface area contributed by atoms with Gasteiger partial charge in [0.2, 0.25) is 0 Å². The Bertz CT molecular complexity index is 431. The highest BCUT2D eigenvalue weighted by molar-refractivity contribution is 5.34. The first-order chi connectivity index (χ1) is 9.43. The highest BCUT2D eigenvalue weighted by Gasteiger charge is 2.29. The topological polar surface area (TPSA) is 26.7 Å². The number of aromatic hydroxyl groups is 1. The quantitative estimate of drug-likeness (QED) is 0.918. The van der Waals surface area contributed by atoms with Crippen molar-refractivity contribution in [1.82, 2.24) is 9.80 Å². The minimum absolute atomic E-state index is 0.253. The first-order valence-corrected chi connectivity index (χ1v) is 7.70. The summed E-state index contributed by atoms with van der Waals surface area (Å²) in [5, 5.41) is 10.1. The Labute approximate surface area is 123 Å². The number of rotatable bonds is 3. The lowest BCUT2D eigenvalue weighted by molar-refractivity contribution is 0.0402. The SMILES string of the molecule is CCC(c1ccccc1O)N1CCN(C(C)(C)C)CC1. The summed E-state index contributed by atoms with van der Waals surface area (Å²) in [6.07, 6.45) is 1.03. The molecule has 2 rings (SSSR count). The predicted molar refractivity (Wildman–Crippen MR) is 84.0 cm³/mol. The van der Waals surface area contributed by atoms with Gasteiger partial charge in [-0.3, -0.25) is 9.80 Å². The highest BCUT2D eigenvalue weighted by Crippen LogP contribution is 2.32. The van der Waals surface area contributed by atoms with Crippen LogP contribution in [-0.4, -0.2) is 46.6 Å². The van der Waals surface area contributed by atoms with Crippen LogP contribution in [0.25, 0.3) is 0 Å². The lowest BCUT2D eigenvalue weighted by Crippen LogP contribution is -2.53. The van der Waals surface area contributed by atoms with Gasteiger partial charge in [-0.1, -0.05) is 25.1 Å². The van der Waals surface area contributed by atoms with Crippen LogP contribution in [0.3, 0.4) is 0 Å². The third kappa shape index (κ3) is 3.33. The van der Waals surface area contributed by atoms with Gasteiger partial charge in [0, 0.05) is 43.3 Å². The van der Waals surface area contributed by atoms with Gasteiger partial charge in [0.15, 0.2) is 0 Å². The number of hydrogen-bond donors (Lipinski definition) is 1. The molecule has 1 fully saturated rings. The molecule has 1 atom stereocenters. The van der Waals surface area contributed by atoms with Crippen LogP contribution in [0.15, 0.2) is 24.3 Å². The average molecular weight is 276 g/mol. The van der Waals surface area contributed by atoms with Crippen molar-refractivity contribution < 1.29 is 5.11 Å². The van der Waals surface area contributed by atoms with E-state index in [0.717, 1.165) is 38.2 Å². The van der Waals surface area contributed by atoms with Crippen LogP contribution in [0.4, 0.5) is 0 Å². The van der Waals surface area contributed by atoms with Gasteiger partial charge in [-0.05, 0) is 33.3 Å². The molecule has 1 aliphatic rings. The van der Waals surface area contributed by atoms with E-state index in [9.17, 15) is 5.11 Å². The van der Waals surface area contributed by atoms with Crippen molar-refractivity contribution >= 4 is 0 Å². The van der Waals surface area contributed by atoms with Crippen molar-refractivity contribution in [3.8, 4) is 5.75 Å². The number of nitrogens with zero attached hydrogens (tertiary/aromatic N) is 2. The Morgan fingerprint density at radius 3 is 2.20 bits per heavy atom. The van der Waals surface area contributed by atoms with Crippen LogP contribution in [0.5, 0.6) is 5.75 Å². The van der Waals surface area contributed by atoms with E-state index in [1.165, 1.54) is 0 Å². The summed E-state index contributed by atoms with van der Waals surface area (Å²) in [6.45, 7) is 13.4. The molecule has 1 aliphatic heterocycles. The lowest BCUT2D eigenvalue weighted by atomic mass is 9.99. The van der Waals surface area contributed by atoms with Gasteiger partial charge in [0.1, 0.15) is 5.75 Å². The normalized spacial score (nSPS) is 20.0. The van der Waals surface area contributed by atoms with Crippen molar-refractivity contribution in [2.45, 2.75) is 45.7 Å². The second-order valence-electron chi connectivity index (χ2n) is 6.68. The molecule has 1 aromatic rings. The zero-order valence-electron chi connectivity index (χ0n) is 13.3. The van der Waals surface area contributed by atoms with Gasteiger partial charge in [-0.2, -0.15) is 0 Å². The lowest BCUT2D eigenvalue weighted by Gasteiger charge is -2.44. The zero-order chi connectivity index (χ0) is 14.8. The van der Waals surface area contributed by atoms with Crippen molar-refractivity contribution in [2.24, 2.45) is 0 Å². The molecule has 1 N–H and O–H groups in total. The van der Waals surface area contributed by atoms with E-state index in [2.05, 4.69) is 43.6 Å². The fourth-order valence-electron chi connectivity index (χ4n) is 3.15. The van der Waals surface area contributed by atoms with Gasteiger partial charge in [0.05, 0.1) is 0 Å². The van der Waals surface area contributed by atoms with Gasteiger partial charge < -0.3 is 5.11 Å². The third-order valence-electron chi connectivity index (χ3n) is 4.39. The van der Waals surface area contributed by atoms with Gasteiger partial charge in [-0.15, -0.1) is 0 Å². The van der Waals surface area contributed by atoms with Gasteiger partial charge >= 0.3 is 0 Å². The molecule has 0 spiro atoms. The maximum atomic E-state index is 10.1. The van der Waals surface area contributed by atoms with Crippen LogP contribution in [0, 0.1) is 0 Å². The van der Waals surface area contributed by atoms with E-state index >= 15 is 0 Å². The summed E-state index contributed by atoms with van der Waals surface area (Å²) < 4.78 is 0. The molecule has 0 saturated carbocycles. The zero-order valence-corrected chi connectivity index (χ0v) is 13.3. The first kappa shape index (κ1) is 15.3. The minimum atomic E-state index is 0.253. The van der Waals surface area contributed by atoms with Gasteiger partial charge in [0.25, 0.3) is 0 Å². The monoisotopic (exact) mass is 276 g/mol. The summed E-state index contributed by atoms with van der Waals surface area (Å²) in [5.74, 6) is 0.428. The summed E-state index contributed by atoms with van der Waals surface area (Å²) in [6, 6.07) is 8.09. The van der Waals surface area contributed by atoms with E-state index in [4.69, 9.17) is 0 Å². The Hall–Kier alpha value is -1.06. The molecule has 1 aromatic carbocycles. The molecular weight excluding hydrogens is 248 g/mol. The van der Waals surface area contributed by atoms with Gasteiger partial charge in [-0.25, -0.2) is 0 Å². The molecule has 0 amide bonds. The number of phenolic OH excluding ortho intramolecular Hbond substituents is 1. The molecule has 1 unspecified atom stereocenters. The maximum Gasteiger partial charge on any atom is 0.120 e. The van der Waals surface area contributed by atoms with E-state index in [0.29, 0.717) is 11.8 Å².